The number of ether oxygens (including phenoxy) is 7. The van der Waals surface area contributed by atoms with Crippen molar-refractivity contribution in [2.24, 2.45) is 0 Å². The first-order valence-electron chi connectivity index (χ1n) is 15.5. The second-order valence-corrected chi connectivity index (χ2v) is 9.40. The first-order chi connectivity index (χ1) is 18.1. The highest BCUT2D eigenvalue weighted by Crippen LogP contribution is 2.19. The van der Waals surface area contributed by atoms with Crippen LogP contribution >= 0.6 is 0 Å². The number of rotatable bonds is 30. The van der Waals surface area contributed by atoms with Crippen molar-refractivity contribution in [2.45, 2.75) is 157 Å². The molecule has 2 unspecified atom stereocenters. The Labute approximate surface area is 229 Å². The van der Waals surface area contributed by atoms with Crippen LogP contribution in [0.25, 0.3) is 0 Å². The van der Waals surface area contributed by atoms with E-state index in [0.717, 1.165) is 90.3 Å². The Morgan fingerprint density at radius 1 is 0.351 bits per heavy atom. The molecule has 2 atom stereocenters. The normalized spacial score (nSPS) is 13.6. The molecule has 0 aromatic heterocycles. The molecule has 0 aliphatic carbocycles. The van der Waals surface area contributed by atoms with Gasteiger partial charge in [-0.1, -0.05) is 39.5 Å². The van der Waals surface area contributed by atoms with Crippen LogP contribution < -0.4 is 0 Å². The largest absolute Gasteiger partial charge is 0.353 e. The molecule has 0 bridgehead atoms. The van der Waals surface area contributed by atoms with Crippen molar-refractivity contribution in [3.8, 4) is 0 Å². The molecular weight excluding hydrogens is 472 g/mol. The van der Waals surface area contributed by atoms with E-state index in [1.807, 2.05) is 27.7 Å². The lowest BCUT2D eigenvalue weighted by Gasteiger charge is -2.25. The molecule has 0 aromatic carbocycles. The third-order valence-corrected chi connectivity index (χ3v) is 5.99. The summed E-state index contributed by atoms with van der Waals surface area (Å²) in [4.78, 5) is 0. The summed E-state index contributed by atoms with van der Waals surface area (Å²) < 4.78 is 41.0. The van der Waals surface area contributed by atoms with Gasteiger partial charge in [0.2, 0.25) is 0 Å². The van der Waals surface area contributed by atoms with Gasteiger partial charge < -0.3 is 33.2 Å². The second-order valence-electron chi connectivity index (χ2n) is 9.40. The molecule has 0 aliphatic rings. The molecule has 0 rings (SSSR count). The Bertz CT molecular complexity index is 388. The first kappa shape index (κ1) is 36.7. The third kappa shape index (κ3) is 23.3. The highest BCUT2D eigenvalue weighted by Gasteiger charge is 2.18. The van der Waals surface area contributed by atoms with Crippen molar-refractivity contribution >= 4 is 0 Å². The maximum absolute atomic E-state index is 6.35. The lowest BCUT2D eigenvalue weighted by molar-refractivity contribution is -0.249. The summed E-state index contributed by atoms with van der Waals surface area (Å²) in [5, 5.41) is 0. The van der Waals surface area contributed by atoms with Gasteiger partial charge in [-0.2, -0.15) is 0 Å². The van der Waals surface area contributed by atoms with Crippen LogP contribution in [0.4, 0.5) is 0 Å². The van der Waals surface area contributed by atoms with Crippen LogP contribution in [-0.4, -0.2) is 64.8 Å². The zero-order valence-electron chi connectivity index (χ0n) is 25.3. The van der Waals surface area contributed by atoms with Crippen LogP contribution in [0.2, 0.25) is 0 Å². The van der Waals surface area contributed by atoms with Gasteiger partial charge in [-0.15, -0.1) is 0 Å². The summed E-state index contributed by atoms with van der Waals surface area (Å²) in [5.41, 5.74) is 0. The van der Waals surface area contributed by atoms with E-state index in [-0.39, 0.29) is 25.2 Å². The molecular formula is C30H62O7. The quantitative estimate of drug-likeness (QED) is 0.0683. The highest BCUT2D eigenvalue weighted by molar-refractivity contribution is 4.56. The van der Waals surface area contributed by atoms with Gasteiger partial charge in [-0.05, 0) is 91.9 Å². The maximum Gasteiger partial charge on any atom is 0.160 e. The zero-order valence-corrected chi connectivity index (χ0v) is 25.3. The molecule has 7 nitrogen and oxygen atoms in total. The van der Waals surface area contributed by atoms with Crippen LogP contribution in [0.1, 0.15) is 131 Å². The lowest BCUT2D eigenvalue weighted by atomic mass is 10.1. The molecule has 0 heterocycles. The molecule has 0 fully saturated rings. The molecule has 224 valence electrons. The minimum absolute atomic E-state index is 0.0637. The molecule has 0 saturated carbocycles. The van der Waals surface area contributed by atoms with E-state index in [9.17, 15) is 0 Å². The highest BCUT2D eigenvalue weighted by atomic mass is 16.8. The van der Waals surface area contributed by atoms with Crippen molar-refractivity contribution in [3.63, 3.8) is 0 Å². The van der Waals surface area contributed by atoms with Crippen LogP contribution in [0.15, 0.2) is 0 Å². The van der Waals surface area contributed by atoms with E-state index in [4.69, 9.17) is 33.2 Å². The van der Waals surface area contributed by atoms with Crippen molar-refractivity contribution in [1.29, 1.82) is 0 Å². The minimum Gasteiger partial charge on any atom is -0.353 e. The van der Waals surface area contributed by atoms with Crippen molar-refractivity contribution in [2.75, 3.05) is 39.6 Å². The Morgan fingerprint density at radius 3 is 0.919 bits per heavy atom. The van der Waals surface area contributed by atoms with E-state index in [2.05, 4.69) is 13.8 Å². The standard InChI is InChI=1S/C30H62O7/c1-7-25-35-29(23-19-15-13-17-21-27(31-9-3)32-10-4)37-30(36-26-8-2)24-20-16-14-18-22-28(33-11-5)34-12-6/h27-30H,7-26H2,1-6H3. The van der Waals surface area contributed by atoms with Gasteiger partial charge in [0.1, 0.15) is 0 Å². The smallest absolute Gasteiger partial charge is 0.160 e. The van der Waals surface area contributed by atoms with E-state index >= 15 is 0 Å². The molecule has 7 heteroatoms. The van der Waals surface area contributed by atoms with Crippen molar-refractivity contribution < 1.29 is 33.2 Å². The summed E-state index contributed by atoms with van der Waals surface area (Å²) in [5.74, 6) is 0. The molecule has 0 radical (unpaired) electrons. The predicted molar refractivity (Wildman–Crippen MR) is 151 cm³/mol. The third-order valence-electron chi connectivity index (χ3n) is 5.99. The average molecular weight is 535 g/mol. The fourth-order valence-corrected chi connectivity index (χ4v) is 4.17. The van der Waals surface area contributed by atoms with Gasteiger partial charge in [0.15, 0.2) is 25.2 Å². The molecule has 37 heavy (non-hydrogen) atoms. The Balaban J connectivity index is 4.36. The van der Waals surface area contributed by atoms with Gasteiger partial charge in [0, 0.05) is 39.6 Å². The summed E-state index contributed by atoms with van der Waals surface area (Å²) in [6.45, 7) is 16.6. The average Bonchev–Trinajstić information content (AvgIpc) is 2.89. The summed E-state index contributed by atoms with van der Waals surface area (Å²) in [7, 11) is 0. The summed E-state index contributed by atoms with van der Waals surface area (Å²) in [6.07, 6.45) is 14.2. The van der Waals surface area contributed by atoms with E-state index in [0.29, 0.717) is 26.4 Å². The molecule has 0 spiro atoms. The summed E-state index contributed by atoms with van der Waals surface area (Å²) in [6, 6.07) is 0. The first-order valence-corrected chi connectivity index (χ1v) is 15.5. The van der Waals surface area contributed by atoms with Crippen LogP contribution in [-0.2, 0) is 33.2 Å². The lowest BCUT2D eigenvalue weighted by Crippen LogP contribution is -2.27. The van der Waals surface area contributed by atoms with Gasteiger partial charge in [0.25, 0.3) is 0 Å². The Hall–Kier alpha value is -0.280. The zero-order chi connectivity index (χ0) is 27.4. The molecule has 0 amide bonds. The van der Waals surface area contributed by atoms with E-state index < -0.39 is 0 Å². The monoisotopic (exact) mass is 534 g/mol. The Kier molecular flexibility index (Phi) is 28.5. The Morgan fingerprint density at radius 2 is 0.649 bits per heavy atom. The topological polar surface area (TPSA) is 64.6 Å². The number of unbranched alkanes of at least 4 members (excludes halogenated alkanes) is 6. The van der Waals surface area contributed by atoms with Crippen LogP contribution in [0.3, 0.4) is 0 Å². The molecule has 0 aliphatic heterocycles. The van der Waals surface area contributed by atoms with Crippen molar-refractivity contribution in [3.05, 3.63) is 0 Å². The van der Waals surface area contributed by atoms with Crippen molar-refractivity contribution in [1.82, 2.24) is 0 Å². The van der Waals surface area contributed by atoms with Gasteiger partial charge in [-0.25, -0.2) is 0 Å². The van der Waals surface area contributed by atoms with Crippen LogP contribution in [0, 0.1) is 0 Å². The predicted octanol–water partition coefficient (Wildman–Crippen LogP) is 7.99. The minimum atomic E-state index is -0.195. The number of hydrogen-bond donors (Lipinski definition) is 0. The van der Waals surface area contributed by atoms with E-state index in [1.165, 1.54) is 12.8 Å². The maximum atomic E-state index is 6.35. The SMILES string of the molecule is CCCOC(CCCCCCC(OCC)OCC)OC(CCCCCCC(OCC)OCC)OCCC. The van der Waals surface area contributed by atoms with Gasteiger partial charge in [-0.3, -0.25) is 0 Å². The van der Waals surface area contributed by atoms with Gasteiger partial charge >= 0.3 is 0 Å². The number of hydrogen-bond acceptors (Lipinski definition) is 7. The van der Waals surface area contributed by atoms with Gasteiger partial charge in [0.05, 0.1) is 0 Å². The van der Waals surface area contributed by atoms with E-state index in [1.54, 1.807) is 0 Å². The fraction of sp³-hybridized carbons (Fsp3) is 1.00. The molecule has 0 saturated heterocycles. The second kappa shape index (κ2) is 28.7. The molecule has 0 aromatic rings. The summed E-state index contributed by atoms with van der Waals surface area (Å²) >= 11 is 0. The fourth-order valence-electron chi connectivity index (χ4n) is 4.17. The molecule has 0 N–H and O–H groups in total. The van der Waals surface area contributed by atoms with Crippen LogP contribution in [0.5, 0.6) is 0 Å².